The van der Waals surface area contributed by atoms with Crippen molar-refractivity contribution >= 4 is 17.0 Å². The number of fused-ring (bicyclic) bond motifs is 1. The largest absolute Gasteiger partial charge is 0.368 e. The lowest BCUT2D eigenvalue weighted by Gasteiger charge is -2.09. The Hall–Kier alpha value is -3.41. The van der Waals surface area contributed by atoms with Crippen LogP contribution in [-0.2, 0) is 6.42 Å². The topological polar surface area (TPSA) is 77.6 Å². The number of nitrogens with two attached hydrogens (primary N) is 1. The highest BCUT2D eigenvalue weighted by Gasteiger charge is 2.11. The minimum Gasteiger partial charge on any atom is -0.368 e. The average Bonchev–Trinajstić information content (AvgIpc) is 2.64. The number of hydrogen-bond donors (Lipinski definition) is 1. The van der Waals surface area contributed by atoms with Gasteiger partial charge in [-0.2, -0.15) is 4.39 Å². The summed E-state index contributed by atoms with van der Waals surface area (Å²) in [7, 11) is 0. The zero-order valence-corrected chi connectivity index (χ0v) is 14.1. The van der Waals surface area contributed by atoms with Gasteiger partial charge in [-0.25, -0.2) is 19.9 Å². The molecule has 0 fully saturated rings. The molecule has 0 aliphatic heterocycles. The molecule has 2 N–H and O–H groups in total. The van der Waals surface area contributed by atoms with Gasteiger partial charge in [0.15, 0.2) is 0 Å². The molecule has 4 aromatic rings. The minimum absolute atomic E-state index is 0.220. The highest BCUT2D eigenvalue weighted by Crippen LogP contribution is 2.24. The van der Waals surface area contributed by atoms with Crippen molar-refractivity contribution in [3.63, 3.8) is 0 Å². The molecule has 0 saturated heterocycles. The van der Waals surface area contributed by atoms with Crippen molar-refractivity contribution in [2.45, 2.75) is 13.3 Å². The number of hydrogen-bond acceptors (Lipinski definition) is 5. The summed E-state index contributed by atoms with van der Waals surface area (Å²) in [5, 5.41) is 0. The molecule has 1 aromatic carbocycles. The first-order valence-electron chi connectivity index (χ1n) is 8.20. The van der Waals surface area contributed by atoms with Crippen LogP contribution in [0.2, 0.25) is 0 Å². The Morgan fingerprint density at radius 1 is 1.00 bits per heavy atom. The lowest BCUT2D eigenvalue weighted by atomic mass is 10.1. The number of aryl methyl sites for hydroxylation is 1. The van der Waals surface area contributed by atoms with Crippen LogP contribution in [0.1, 0.15) is 16.8 Å². The van der Waals surface area contributed by atoms with Crippen LogP contribution in [0.3, 0.4) is 0 Å². The first-order chi connectivity index (χ1) is 12.6. The van der Waals surface area contributed by atoms with E-state index in [0.717, 1.165) is 16.8 Å². The van der Waals surface area contributed by atoms with Crippen LogP contribution in [0.4, 0.5) is 10.3 Å². The van der Waals surface area contributed by atoms with E-state index in [1.54, 1.807) is 13.0 Å². The number of nitrogens with zero attached hydrogens (tertiary/aromatic N) is 4. The molecule has 0 unspecified atom stereocenters. The highest BCUT2D eigenvalue weighted by atomic mass is 19.1. The fourth-order valence-electron chi connectivity index (χ4n) is 2.87. The van der Waals surface area contributed by atoms with E-state index in [0.29, 0.717) is 28.7 Å². The van der Waals surface area contributed by atoms with E-state index in [1.165, 1.54) is 6.20 Å². The molecule has 6 heteroatoms. The summed E-state index contributed by atoms with van der Waals surface area (Å²) in [5.41, 5.74) is 11.0. The molecule has 0 aliphatic carbocycles. The number of anilines is 1. The molecule has 0 aliphatic rings. The van der Waals surface area contributed by atoms with Crippen LogP contribution in [0.25, 0.3) is 22.3 Å². The molecule has 0 saturated carbocycles. The monoisotopic (exact) mass is 345 g/mol. The molecule has 4 rings (SSSR count). The molecular formula is C20H16FN5. The highest BCUT2D eigenvalue weighted by molar-refractivity contribution is 5.81. The van der Waals surface area contributed by atoms with Gasteiger partial charge in [0.25, 0.3) is 0 Å². The van der Waals surface area contributed by atoms with Gasteiger partial charge in [0.2, 0.25) is 11.9 Å². The molecule has 3 heterocycles. The van der Waals surface area contributed by atoms with E-state index < -0.39 is 5.95 Å². The number of halogens is 1. The maximum absolute atomic E-state index is 13.5. The van der Waals surface area contributed by atoms with E-state index in [9.17, 15) is 4.39 Å². The summed E-state index contributed by atoms with van der Waals surface area (Å²) in [5.74, 6) is -0.257. The van der Waals surface area contributed by atoms with Crippen molar-refractivity contribution < 1.29 is 4.39 Å². The predicted molar refractivity (Wildman–Crippen MR) is 98.9 cm³/mol. The van der Waals surface area contributed by atoms with E-state index in [1.807, 2.05) is 42.5 Å². The van der Waals surface area contributed by atoms with Gasteiger partial charge in [0.1, 0.15) is 5.52 Å². The summed E-state index contributed by atoms with van der Waals surface area (Å²) in [6.07, 6.45) is 2.08. The lowest BCUT2D eigenvalue weighted by molar-refractivity contribution is 0.575. The first-order valence-corrected chi connectivity index (χ1v) is 8.20. The molecule has 0 spiro atoms. The van der Waals surface area contributed by atoms with Crippen LogP contribution in [0.5, 0.6) is 0 Å². The smallest absolute Gasteiger partial charge is 0.220 e. The second kappa shape index (κ2) is 6.48. The minimum atomic E-state index is -0.476. The number of pyridine rings is 2. The van der Waals surface area contributed by atoms with Crippen LogP contribution >= 0.6 is 0 Å². The number of benzene rings is 1. The molecule has 0 bridgehead atoms. The van der Waals surface area contributed by atoms with Gasteiger partial charge in [-0.3, -0.25) is 0 Å². The summed E-state index contributed by atoms with van der Waals surface area (Å²) >= 11 is 0. The Morgan fingerprint density at radius 3 is 2.58 bits per heavy atom. The summed E-state index contributed by atoms with van der Waals surface area (Å²) in [6, 6.07) is 15.4. The van der Waals surface area contributed by atoms with Gasteiger partial charge in [-0.1, -0.05) is 30.3 Å². The normalized spacial score (nSPS) is 11.0. The molecule has 128 valence electrons. The maximum atomic E-state index is 13.5. The first kappa shape index (κ1) is 16.1. The van der Waals surface area contributed by atoms with Crippen molar-refractivity contribution in [1.82, 2.24) is 19.9 Å². The van der Waals surface area contributed by atoms with Crippen molar-refractivity contribution in [2.24, 2.45) is 0 Å². The summed E-state index contributed by atoms with van der Waals surface area (Å²) in [4.78, 5) is 17.2. The van der Waals surface area contributed by atoms with Crippen molar-refractivity contribution in [3.05, 3.63) is 77.5 Å². The molecule has 0 radical (unpaired) electrons. The Labute approximate surface area is 149 Å². The van der Waals surface area contributed by atoms with Gasteiger partial charge >= 0.3 is 0 Å². The fourth-order valence-corrected chi connectivity index (χ4v) is 2.87. The third-order valence-electron chi connectivity index (χ3n) is 4.16. The fraction of sp³-hybridized carbons (Fsp3) is 0.100. The number of aromatic nitrogens is 4. The molecular weight excluding hydrogens is 329 g/mol. The van der Waals surface area contributed by atoms with Gasteiger partial charge in [-0.05, 0) is 30.7 Å². The number of nitrogen functional groups attached to an aromatic ring is 1. The van der Waals surface area contributed by atoms with Crippen LogP contribution in [0.15, 0.2) is 54.7 Å². The zero-order valence-electron chi connectivity index (χ0n) is 14.1. The molecule has 5 nitrogen and oxygen atoms in total. The van der Waals surface area contributed by atoms with Gasteiger partial charge in [0, 0.05) is 23.7 Å². The third kappa shape index (κ3) is 3.09. The maximum Gasteiger partial charge on any atom is 0.220 e. The van der Waals surface area contributed by atoms with Crippen molar-refractivity contribution in [3.8, 4) is 11.3 Å². The van der Waals surface area contributed by atoms with Gasteiger partial charge < -0.3 is 5.73 Å². The average molecular weight is 345 g/mol. The van der Waals surface area contributed by atoms with Gasteiger partial charge in [0.05, 0.1) is 16.9 Å². The summed E-state index contributed by atoms with van der Waals surface area (Å²) < 4.78 is 13.5. The molecule has 0 atom stereocenters. The summed E-state index contributed by atoms with van der Waals surface area (Å²) in [6.45, 7) is 1.68. The predicted octanol–water partition coefficient (Wildman–Crippen LogP) is 3.71. The third-order valence-corrected chi connectivity index (χ3v) is 4.16. The molecule has 26 heavy (non-hydrogen) atoms. The van der Waals surface area contributed by atoms with E-state index in [2.05, 4.69) is 15.0 Å². The SMILES string of the molecule is Cc1cc(-c2ccc3nc(N)nc(Cc4ccccc4)c3n2)cnc1F. The Morgan fingerprint density at radius 2 is 1.81 bits per heavy atom. The van der Waals surface area contributed by atoms with Crippen molar-refractivity contribution in [2.75, 3.05) is 5.73 Å². The van der Waals surface area contributed by atoms with Crippen LogP contribution in [0, 0.1) is 12.9 Å². The Bertz CT molecular complexity index is 1100. The van der Waals surface area contributed by atoms with E-state index >= 15 is 0 Å². The van der Waals surface area contributed by atoms with Crippen LogP contribution in [-0.4, -0.2) is 19.9 Å². The Kier molecular flexibility index (Phi) is 4.01. The zero-order chi connectivity index (χ0) is 18.1. The van der Waals surface area contributed by atoms with E-state index in [-0.39, 0.29) is 5.95 Å². The number of rotatable bonds is 3. The second-order valence-electron chi connectivity index (χ2n) is 6.09. The lowest BCUT2D eigenvalue weighted by Crippen LogP contribution is -2.03. The van der Waals surface area contributed by atoms with E-state index in [4.69, 9.17) is 10.7 Å². The Balaban J connectivity index is 1.84. The molecule has 0 amide bonds. The van der Waals surface area contributed by atoms with Crippen LogP contribution < -0.4 is 5.73 Å². The standard InChI is InChI=1S/C20H16FN5/c1-12-9-14(11-23-19(12)21)15-7-8-16-18(24-15)17(26-20(22)25-16)10-13-5-3-2-4-6-13/h2-9,11H,10H2,1H3,(H2,22,25,26). The molecule has 3 aromatic heterocycles. The van der Waals surface area contributed by atoms with Gasteiger partial charge in [-0.15, -0.1) is 0 Å². The second-order valence-corrected chi connectivity index (χ2v) is 6.09. The quantitative estimate of drug-likeness (QED) is 0.573. The van der Waals surface area contributed by atoms with Crippen molar-refractivity contribution in [1.29, 1.82) is 0 Å².